The Hall–Kier alpha value is -1.44. The standard InChI is InChI=1S/C11H13N3O3S.ClH/c15-11(9-5-10(14(16)17)18-7-9)13-6-8-1-3-12-4-2-8;/h1,5,7,12H,2-4,6H2,(H,13,15);1H. The van der Waals surface area contributed by atoms with Crippen LogP contribution in [0.15, 0.2) is 23.1 Å². The van der Waals surface area contributed by atoms with Gasteiger partial charge >= 0.3 is 5.00 Å². The molecule has 0 atom stereocenters. The largest absolute Gasteiger partial charge is 0.348 e. The molecule has 8 heteroatoms. The maximum Gasteiger partial charge on any atom is 0.324 e. The molecule has 0 fully saturated rings. The van der Waals surface area contributed by atoms with Gasteiger partial charge in [-0.2, -0.15) is 0 Å². The summed E-state index contributed by atoms with van der Waals surface area (Å²) in [6.07, 6.45) is 2.98. The maximum absolute atomic E-state index is 11.8. The first-order chi connectivity index (χ1) is 8.66. The van der Waals surface area contributed by atoms with Gasteiger partial charge in [0.2, 0.25) is 0 Å². The predicted octanol–water partition coefficient (Wildman–Crippen LogP) is 1.73. The van der Waals surface area contributed by atoms with E-state index in [-0.39, 0.29) is 23.3 Å². The summed E-state index contributed by atoms with van der Waals surface area (Å²) in [5.74, 6) is -0.265. The highest BCUT2D eigenvalue weighted by molar-refractivity contribution is 7.13. The minimum absolute atomic E-state index is 0. The molecule has 0 radical (unpaired) electrons. The van der Waals surface area contributed by atoms with Crippen molar-refractivity contribution in [3.05, 3.63) is 38.8 Å². The monoisotopic (exact) mass is 303 g/mol. The SMILES string of the molecule is Cl.O=C(NCC1=CCNCC1)c1csc([N+](=O)[O-])c1. The summed E-state index contributed by atoms with van der Waals surface area (Å²) in [6, 6.07) is 1.30. The fourth-order valence-corrected chi connectivity index (χ4v) is 2.37. The first kappa shape index (κ1) is 15.6. The minimum atomic E-state index is -0.489. The number of halogens is 1. The molecule has 19 heavy (non-hydrogen) atoms. The van der Waals surface area contributed by atoms with Crippen molar-refractivity contribution in [2.24, 2.45) is 0 Å². The maximum atomic E-state index is 11.8. The van der Waals surface area contributed by atoms with Crippen molar-refractivity contribution in [2.75, 3.05) is 19.6 Å². The molecule has 6 nitrogen and oxygen atoms in total. The fourth-order valence-electron chi connectivity index (χ4n) is 1.67. The first-order valence-corrected chi connectivity index (χ1v) is 6.44. The van der Waals surface area contributed by atoms with Crippen molar-refractivity contribution in [1.82, 2.24) is 10.6 Å². The molecule has 0 aromatic carbocycles. The fraction of sp³-hybridized carbons (Fsp3) is 0.364. The molecule has 0 unspecified atom stereocenters. The van der Waals surface area contributed by atoms with Crippen molar-refractivity contribution in [3.63, 3.8) is 0 Å². The van der Waals surface area contributed by atoms with Crippen molar-refractivity contribution in [2.45, 2.75) is 6.42 Å². The lowest BCUT2D eigenvalue weighted by Crippen LogP contribution is -2.29. The molecule has 2 rings (SSSR count). The molecule has 1 aromatic rings. The molecule has 1 aliphatic rings. The van der Waals surface area contributed by atoms with E-state index in [4.69, 9.17) is 0 Å². The number of nitro groups is 1. The van der Waals surface area contributed by atoms with Crippen LogP contribution >= 0.6 is 23.7 Å². The van der Waals surface area contributed by atoms with Crippen LogP contribution in [-0.4, -0.2) is 30.5 Å². The smallest absolute Gasteiger partial charge is 0.324 e. The van der Waals surface area contributed by atoms with Gasteiger partial charge in [-0.15, -0.1) is 12.4 Å². The van der Waals surface area contributed by atoms with E-state index in [2.05, 4.69) is 16.7 Å². The number of carbonyl (C=O) groups is 1. The number of hydrogen-bond donors (Lipinski definition) is 2. The first-order valence-electron chi connectivity index (χ1n) is 5.56. The van der Waals surface area contributed by atoms with Gasteiger partial charge in [-0.25, -0.2) is 0 Å². The Morgan fingerprint density at radius 3 is 2.95 bits per heavy atom. The van der Waals surface area contributed by atoms with Gasteiger partial charge in [0, 0.05) is 24.5 Å². The molecule has 0 aliphatic carbocycles. The van der Waals surface area contributed by atoms with Crippen LogP contribution in [0.3, 0.4) is 0 Å². The number of nitrogens with zero attached hydrogens (tertiary/aromatic N) is 1. The second kappa shape index (κ2) is 7.22. The Kier molecular flexibility index (Phi) is 5.94. The summed E-state index contributed by atoms with van der Waals surface area (Å²) < 4.78 is 0. The average Bonchev–Trinajstić information content (AvgIpc) is 2.87. The molecule has 1 aliphatic heterocycles. The van der Waals surface area contributed by atoms with E-state index < -0.39 is 4.92 Å². The molecule has 0 bridgehead atoms. The van der Waals surface area contributed by atoms with Gasteiger partial charge < -0.3 is 10.6 Å². The van der Waals surface area contributed by atoms with Gasteiger partial charge in [-0.1, -0.05) is 23.0 Å². The lowest BCUT2D eigenvalue weighted by Gasteiger charge is -2.14. The number of rotatable bonds is 4. The second-order valence-corrected chi connectivity index (χ2v) is 4.82. The zero-order valence-electron chi connectivity index (χ0n) is 10.0. The molecule has 2 N–H and O–H groups in total. The van der Waals surface area contributed by atoms with Crippen LogP contribution in [0.5, 0.6) is 0 Å². The summed E-state index contributed by atoms with van der Waals surface area (Å²) in [4.78, 5) is 21.8. The highest BCUT2D eigenvalue weighted by Crippen LogP contribution is 2.22. The lowest BCUT2D eigenvalue weighted by atomic mass is 10.1. The number of amides is 1. The summed E-state index contributed by atoms with van der Waals surface area (Å²) in [5.41, 5.74) is 1.54. The third-order valence-corrected chi connectivity index (χ3v) is 3.54. The van der Waals surface area contributed by atoms with E-state index >= 15 is 0 Å². The van der Waals surface area contributed by atoms with Gasteiger partial charge in [-0.05, 0) is 13.0 Å². The van der Waals surface area contributed by atoms with Crippen LogP contribution in [0, 0.1) is 10.1 Å². The van der Waals surface area contributed by atoms with Crippen LogP contribution in [0.25, 0.3) is 0 Å². The molecule has 0 saturated heterocycles. The Morgan fingerprint density at radius 1 is 1.58 bits per heavy atom. The number of thiophene rings is 1. The van der Waals surface area contributed by atoms with Crippen LogP contribution in [0.4, 0.5) is 5.00 Å². The van der Waals surface area contributed by atoms with E-state index in [0.29, 0.717) is 12.1 Å². The molecule has 0 spiro atoms. The quantitative estimate of drug-likeness (QED) is 0.504. The Bertz CT molecular complexity index is 501. The third-order valence-electron chi connectivity index (χ3n) is 2.66. The highest BCUT2D eigenvalue weighted by Gasteiger charge is 2.15. The number of nitrogens with one attached hydrogen (secondary N) is 2. The third kappa shape index (κ3) is 4.30. The summed E-state index contributed by atoms with van der Waals surface area (Å²) in [5, 5.41) is 18.0. The van der Waals surface area contributed by atoms with E-state index in [1.807, 2.05) is 0 Å². The van der Waals surface area contributed by atoms with Crippen molar-refractivity contribution in [3.8, 4) is 0 Å². The predicted molar refractivity (Wildman–Crippen MR) is 76.1 cm³/mol. The zero-order chi connectivity index (χ0) is 13.0. The molecule has 104 valence electrons. The van der Waals surface area contributed by atoms with Gasteiger partial charge in [0.1, 0.15) is 0 Å². The normalized spacial score (nSPS) is 14.2. The zero-order valence-corrected chi connectivity index (χ0v) is 11.7. The highest BCUT2D eigenvalue weighted by atomic mass is 35.5. The van der Waals surface area contributed by atoms with Crippen molar-refractivity contribution < 1.29 is 9.72 Å². The van der Waals surface area contributed by atoms with Crippen molar-refractivity contribution >= 4 is 34.7 Å². The van der Waals surface area contributed by atoms with E-state index in [0.717, 1.165) is 30.8 Å². The van der Waals surface area contributed by atoms with E-state index in [1.54, 1.807) is 0 Å². The molecule has 2 heterocycles. The van der Waals surface area contributed by atoms with E-state index in [9.17, 15) is 14.9 Å². The topological polar surface area (TPSA) is 84.3 Å². The second-order valence-electron chi connectivity index (χ2n) is 3.93. The van der Waals surface area contributed by atoms with Crippen LogP contribution in [-0.2, 0) is 0 Å². The molecule has 1 aromatic heterocycles. The van der Waals surface area contributed by atoms with Gasteiger partial charge in [0.15, 0.2) is 0 Å². The number of carbonyl (C=O) groups excluding carboxylic acids is 1. The Morgan fingerprint density at radius 2 is 2.37 bits per heavy atom. The van der Waals surface area contributed by atoms with E-state index in [1.165, 1.54) is 17.0 Å². The minimum Gasteiger partial charge on any atom is -0.348 e. The van der Waals surface area contributed by atoms with Gasteiger partial charge in [0.05, 0.1) is 10.5 Å². The Balaban J connectivity index is 0.00000180. The van der Waals surface area contributed by atoms with Crippen LogP contribution in [0.1, 0.15) is 16.8 Å². The molecule has 1 amide bonds. The lowest BCUT2D eigenvalue weighted by molar-refractivity contribution is -0.380. The Labute approximate surface area is 120 Å². The summed E-state index contributed by atoms with van der Waals surface area (Å²) in [7, 11) is 0. The summed E-state index contributed by atoms with van der Waals surface area (Å²) in [6.45, 7) is 2.25. The van der Waals surface area contributed by atoms with Crippen molar-refractivity contribution in [1.29, 1.82) is 0 Å². The molecule has 0 saturated carbocycles. The van der Waals surface area contributed by atoms with Crippen LogP contribution < -0.4 is 10.6 Å². The molecular formula is C11H14ClN3O3S. The summed E-state index contributed by atoms with van der Waals surface area (Å²) >= 11 is 0.963. The van der Waals surface area contributed by atoms with Gasteiger partial charge in [0.25, 0.3) is 5.91 Å². The number of hydrogen-bond acceptors (Lipinski definition) is 5. The average molecular weight is 304 g/mol. The molecular weight excluding hydrogens is 290 g/mol. The van der Waals surface area contributed by atoms with Crippen LogP contribution in [0.2, 0.25) is 0 Å². The van der Waals surface area contributed by atoms with Gasteiger partial charge in [-0.3, -0.25) is 14.9 Å².